The van der Waals surface area contributed by atoms with Gasteiger partial charge in [-0.2, -0.15) is 26.3 Å². The van der Waals surface area contributed by atoms with Crippen molar-refractivity contribution < 1.29 is 26.3 Å². The summed E-state index contributed by atoms with van der Waals surface area (Å²) in [6, 6.07) is 4.37. The molecule has 0 aliphatic heterocycles. The second-order valence-corrected chi connectivity index (χ2v) is 7.83. The van der Waals surface area contributed by atoms with Crippen LogP contribution in [0.3, 0.4) is 0 Å². The predicted molar refractivity (Wildman–Crippen MR) is 123 cm³/mol. The SMILES string of the molecule is CNCCN(C)c1cc(C(F)(F)F)c(-c2cnc3c(Nc4ccc(C(F)(F)F)cn4)ccnc3n2)nn1. The fourth-order valence-corrected chi connectivity index (χ4v) is 3.28. The third-order valence-electron chi connectivity index (χ3n) is 5.22. The maximum absolute atomic E-state index is 13.9. The van der Waals surface area contributed by atoms with E-state index in [-0.39, 0.29) is 28.5 Å². The second-order valence-electron chi connectivity index (χ2n) is 7.83. The molecule has 0 spiro atoms. The molecule has 0 saturated carbocycles. The van der Waals surface area contributed by atoms with Gasteiger partial charge in [0.15, 0.2) is 11.5 Å². The molecular formula is C22H19F6N9. The van der Waals surface area contributed by atoms with Crippen LogP contribution in [-0.2, 0) is 12.4 Å². The fraction of sp³-hybridized carbons (Fsp3) is 0.273. The Labute approximate surface area is 206 Å². The Hall–Kier alpha value is -4.14. The molecule has 4 heterocycles. The van der Waals surface area contributed by atoms with Crippen molar-refractivity contribution >= 4 is 28.5 Å². The van der Waals surface area contributed by atoms with E-state index in [1.54, 1.807) is 14.1 Å². The zero-order chi connectivity index (χ0) is 26.8. The van der Waals surface area contributed by atoms with E-state index in [9.17, 15) is 26.3 Å². The number of alkyl halides is 6. The van der Waals surface area contributed by atoms with Crippen molar-refractivity contribution in [3.8, 4) is 11.4 Å². The molecule has 194 valence electrons. The van der Waals surface area contributed by atoms with Gasteiger partial charge in [-0.25, -0.2) is 19.9 Å². The number of anilines is 3. The van der Waals surface area contributed by atoms with E-state index in [2.05, 4.69) is 40.8 Å². The van der Waals surface area contributed by atoms with Gasteiger partial charge in [0.25, 0.3) is 0 Å². The number of halogens is 6. The van der Waals surface area contributed by atoms with Gasteiger partial charge in [0.05, 0.1) is 23.0 Å². The highest BCUT2D eigenvalue weighted by Gasteiger charge is 2.36. The first-order valence-corrected chi connectivity index (χ1v) is 10.7. The summed E-state index contributed by atoms with van der Waals surface area (Å²) in [7, 11) is 3.32. The molecule has 0 bridgehead atoms. The summed E-state index contributed by atoms with van der Waals surface area (Å²) in [6.07, 6.45) is -6.18. The minimum absolute atomic E-state index is 0.0143. The van der Waals surface area contributed by atoms with Gasteiger partial charge in [-0.3, -0.25) is 0 Å². The zero-order valence-electron chi connectivity index (χ0n) is 19.4. The molecule has 0 aliphatic carbocycles. The molecule has 4 rings (SSSR count). The Bertz CT molecular complexity index is 1390. The van der Waals surface area contributed by atoms with Crippen molar-refractivity contribution in [1.29, 1.82) is 0 Å². The van der Waals surface area contributed by atoms with Gasteiger partial charge in [0, 0.05) is 32.5 Å². The molecule has 4 aromatic rings. The van der Waals surface area contributed by atoms with Crippen LogP contribution in [0.1, 0.15) is 11.1 Å². The summed E-state index contributed by atoms with van der Waals surface area (Å²) < 4.78 is 80.0. The Morgan fingerprint density at radius 1 is 0.919 bits per heavy atom. The highest BCUT2D eigenvalue weighted by Crippen LogP contribution is 2.37. The summed E-state index contributed by atoms with van der Waals surface area (Å²) in [5.74, 6) is 0.128. The standard InChI is InChI=1S/C22H19F6N9/c1-29-7-8-37(2)17-9-13(22(26,27)28)18(36-35-17)15-11-32-19-14(5-6-30-20(19)34-15)33-16-4-3-12(10-31-16)21(23,24)25/h3-6,9-11,29H,7-8H2,1-2H3,(H,30,31,33,34). The molecule has 0 aromatic carbocycles. The van der Waals surface area contributed by atoms with Crippen molar-refractivity contribution in [2.75, 3.05) is 37.4 Å². The van der Waals surface area contributed by atoms with E-state index in [1.807, 2.05) is 0 Å². The second kappa shape index (κ2) is 10.1. The Kier molecular flexibility index (Phi) is 7.07. The Morgan fingerprint density at radius 3 is 2.35 bits per heavy atom. The lowest BCUT2D eigenvalue weighted by Gasteiger charge is -2.19. The van der Waals surface area contributed by atoms with Gasteiger partial charge >= 0.3 is 12.4 Å². The molecule has 37 heavy (non-hydrogen) atoms. The average molecular weight is 523 g/mol. The third kappa shape index (κ3) is 5.82. The van der Waals surface area contributed by atoms with Gasteiger partial charge in [-0.15, -0.1) is 10.2 Å². The van der Waals surface area contributed by atoms with Crippen molar-refractivity contribution in [3.63, 3.8) is 0 Å². The molecule has 9 nitrogen and oxygen atoms in total. The highest BCUT2D eigenvalue weighted by atomic mass is 19.4. The molecule has 2 N–H and O–H groups in total. The van der Waals surface area contributed by atoms with Crippen LogP contribution in [0.15, 0.2) is 42.9 Å². The molecule has 4 aromatic heterocycles. The summed E-state index contributed by atoms with van der Waals surface area (Å²) in [5.41, 5.74) is -2.22. The number of nitrogens with zero attached hydrogens (tertiary/aromatic N) is 7. The van der Waals surface area contributed by atoms with Crippen molar-refractivity contribution in [1.82, 2.24) is 35.5 Å². The average Bonchev–Trinajstić information content (AvgIpc) is 2.86. The van der Waals surface area contributed by atoms with E-state index in [1.165, 1.54) is 17.2 Å². The van der Waals surface area contributed by atoms with Gasteiger partial charge in [0.2, 0.25) is 0 Å². The molecule has 0 amide bonds. The van der Waals surface area contributed by atoms with Crippen LogP contribution in [0, 0.1) is 0 Å². The summed E-state index contributed by atoms with van der Waals surface area (Å²) in [5, 5.41) is 13.4. The lowest BCUT2D eigenvalue weighted by Crippen LogP contribution is -2.28. The maximum Gasteiger partial charge on any atom is 0.418 e. The molecule has 0 radical (unpaired) electrons. The monoisotopic (exact) mass is 523 g/mol. The van der Waals surface area contributed by atoms with E-state index in [0.717, 1.165) is 24.4 Å². The molecule has 15 heteroatoms. The zero-order valence-corrected chi connectivity index (χ0v) is 19.4. The van der Waals surface area contributed by atoms with Gasteiger partial charge in [-0.05, 0) is 31.3 Å². The number of likely N-dealkylation sites (N-methyl/N-ethyl adjacent to an activating group) is 2. The molecule has 0 unspecified atom stereocenters. The van der Waals surface area contributed by atoms with Crippen LogP contribution < -0.4 is 15.5 Å². The number of rotatable bonds is 7. The van der Waals surface area contributed by atoms with Gasteiger partial charge in [0.1, 0.15) is 22.7 Å². The van der Waals surface area contributed by atoms with E-state index in [0.29, 0.717) is 25.0 Å². The molecule has 0 fully saturated rings. The highest BCUT2D eigenvalue weighted by molar-refractivity contribution is 5.87. The summed E-state index contributed by atoms with van der Waals surface area (Å²) >= 11 is 0. The molecule has 0 aliphatic rings. The molecule has 0 atom stereocenters. The number of nitrogens with one attached hydrogen (secondary N) is 2. The fourth-order valence-electron chi connectivity index (χ4n) is 3.28. The lowest BCUT2D eigenvalue weighted by atomic mass is 10.1. The third-order valence-corrected chi connectivity index (χ3v) is 5.22. The van der Waals surface area contributed by atoms with E-state index in [4.69, 9.17) is 0 Å². The molecule has 0 saturated heterocycles. The Morgan fingerprint density at radius 2 is 1.70 bits per heavy atom. The van der Waals surface area contributed by atoms with Crippen molar-refractivity contribution in [2.24, 2.45) is 0 Å². The first-order chi connectivity index (χ1) is 17.5. The van der Waals surface area contributed by atoms with Crippen molar-refractivity contribution in [3.05, 3.63) is 54.0 Å². The van der Waals surface area contributed by atoms with E-state index < -0.39 is 29.2 Å². The van der Waals surface area contributed by atoms with E-state index >= 15 is 0 Å². The first kappa shape index (κ1) is 25.9. The number of aromatic nitrogens is 6. The van der Waals surface area contributed by atoms with Gasteiger partial charge < -0.3 is 15.5 Å². The van der Waals surface area contributed by atoms with Crippen LogP contribution in [0.5, 0.6) is 0 Å². The van der Waals surface area contributed by atoms with Crippen LogP contribution in [0.2, 0.25) is 0 Å². The minimum atomic E-state index is -4.74. The smallest absolute Gasteiger partial charge is 0.357 e. The van der Waals surface area contributed by atoms with Crippen LogP contribution in [-0.4, -0.2) is 57.3 Å². The van der Waals surface area contributed by atoms with Crippen LogP contribution in [0.4, 0.5) is 43.7 Å². The molecular weight excluding hydrogens is 504 g/mol. The summed E-state index contributed by atoms with van der Waals surface area (Å²) in [6.45, 7) is 0.937. The van der Waals surface area contributed by atoms with Crippen LogP contribution in [0.25, 0.3) is 22.6 Å². The number of hydrogen-bond acceptors (Lipinski definition) is 9. The number of fused-ring (bicyclic) bond motifs is 1. The van der Waals surface area contributed by atoms with Crippen LogP contribution >= 0.6 is 0 Å². The maximum atomic E-state index is 13.9. The lowest BCUT2D eigenvalue weighted by molar-refractivity contribution is -0.138. The Balaban J connectivity index is 1.68. The predicted octanol–water partition coefficient (Wildman–Crippen LogP) is 4.31. The van der Waals surface area contributed by atoms with Gasteiger partial charge in [-0.1, -0.05) is 0 Å². The quantitative estimate of drug-likeness (QED) is 0.343. The number of hydrogen-bond donors (Lipinski definition) is 2. The number of pyridine rings is 2. The van der Waals surface area contributed by atoms with Crippen molar-refractivity contribution in [2.45, 2.75) is 12.4 Å². The minimum Gasteiger partial charge on any atom is -0.357 e. The largest absolute Gasteiger partial charge is 0.418 e. The normalized spacial score (nSPS) is 12.1. The topological polar surface area (TPSA) is 105 Å². The first-order valence-electron chi connectivity index (χ1n) is 10.7. The summed E-state index contributed by atoms with van der Waals surface area (Å²) in [4.78, 5) is 17.7.